The molecule has 112 valence electrons. The molecule has 0 saturated carbocycles. The van der Waals surface area contributed by atoms with Gasteiger partial charge in [0.25, 0.3) is 10.0 Å². The van der Waals surface area contributed by atoms with Gasteiger partial charge in [0.15, 0.2) is 4.21 Å². The summed E-state index contributed by atoms with van der Waals surface area (Å²) in [5, 5.41) is 9.08. The fourth-order valence-electron chi connectivity index (χ4n) is 1.63. The summed E-state index contributed by atoms with van der Waals surface area (Å²) in [6, 6.07) is 4.10. The number of rotatable bonds is 4. The monoisotopic (exact) mass is 392 g/mol. The van der Waals surface area contributed by atoms with E-state index in [0.717, 1.165) is 0 Å². The second-order valence-electron chi connectivity index (χ2n) is 4.03. The first kappa shape index (κ1) is 15.7. The second kappa shape index (κ2) is 5.62. The molecule has 0 aliphatic carbocycles. The van der Waals surface area contributed by atoms with Gasteiger partial charge in [0, 0.05) is 10.2 Å². The van der Waals surface area contributed by atoms with Crippen LogP contribution in [0.5, 0.6) is 0 Å². The van der Waals surface area contributed by atoms with Gasteiger partial charge >= 0.3 is 10.8 Å². The van der Waals surface area contributed by atoms with Gasteiger partial charge in [-0.15, -0.1) is 0 Å². The molecule has 0 aliphatic rings. The largest absolute Gasteiger partial charge is 0.478 e. The van der Waals surface area contributed by atoms with Crippen molar-refractivity contribution in [1.82, 2.24) is 4.98 Å². The van der Waals surface area contributed by atoms with E-state index in [9.17, 15) is 18.0 Å². The molecule has 21 heavy (non-hydrogen) atoms. The van der Waals surface area contributed by atoms with E-state index in [-0.39, 0.29) is 21.2 Å². The highest BCUT2D eigenvalue weighted by Gasteiger charge is 2.23. The van der Waals surface area contributed by atoms with Crippen molar-refractivity contribution < 1.29 is 18.3 Å². The number of benzene rings is 1. The Morgan fingerprint density at radius 2 is 2.10 bits per heavy atom. The summed E-state index contributed by atoms with van der Waals surface area (Å²) < 4.78 is 27.0. The summed E-state index contributed by atoms with van der Waals surface area (Å²) in [5.74, 6) is -1.26. The van der Waals surface area contributed by atoms with Crippen molar-refractivity contribution in [3.05, 3.63) is 43.6 Å². The van der Waals surface area contributed by atoms with Crippen LogP contribution in [0.4, 0.5) is 5.69 Å². The number of H-pyrrole nitrogens is 1. The third kappa shape index (κ3) is 3.34. The average molecular weight is 393 g/mol. The molecular weight excluding hydrogens is 384 g/mol. The minimum Gasteiger partial charge on any atom is -0.478 e. The minimum absolute atomic E-state index is 0.0860. The van der Waals surface area contributed by atoms with Crippen LogP contribution in [0.3, 0.4) is 0 Å². The lowest BCUT2D eigenvalue weighted by Gasteiger charge is -2.10. The quantitative estimate of drug-likeness (QED) is 0.735. The van der Waals surface area contributed by atoms with Crippen molar-refractivity contribution in [2.75, 3.05) is 4.72 Å². The van der Waals surface area contributed by atoms with E-state index in [2.05, 4.69) is 25.6 Å². The number of thiazole rings is 1. The Bertz CT molecular complexity index is 869. The van der Waals surface area contributed by atoms with E-state index in [4.69, 9.17) is 5.11 Å². The maximum Gasteiger partial charge on any atom is 0.337 e. The Hall–Kier alpha value is -1.65. The molecule has 1 aromatic carbocycles. The second-order valence-corrected chi connectivity index (χ2v) is 7.80. The number of hydrogen-bond donors (Lipinski definition) is 3. The number of carbonyl (C=O) groups is 1. The predicted octanol–water partition coefficient (Wildman–Crippen LogP) is 2.01. The van der Waals surface area contributed by atoms with Crippen LogP contribution in [0.25, 0.3) is 0 Å². The Kier molecular flexibility index (Phi) is 4.21. The molecule has 10 heteroatoms. The van der Waals surface area contributed by atoms with Crippen LogP contribution in [0, 0.1) is 6.92 Å². The molecule has 1 heterocycles. The highest BCUT2D eigenvalue weighted by molar-refractivity contribution is 9.10. The first-order valence-electron chi connectivity index (χ1n) is 5.46. The summed E-state index contributed by atoms with van der Waals surface area (Å²) in [4.78, 5) is 24.2. The summed E-state index contributed by atoms with van der Waals surface area (Å²) >= 11 is 3.68. The number of anilines is 1. The SMILES string of the molecule is Cc1[nH]c(=O)sc1S(=O)(=O)Nc1cc(Br)ccc1C(=O)O. The summed E-state index contributed by atoms with van der Waals surface area (Å²) in [5.41, 5.74) is -0.0798. The number of halogens is 1. The third-order valence-electron chi connectivity index (χ3n) is 2.48. The van der Waals surface area contributed by atoms with Crippen LogP contribution < -0.4 is 9.60 Å². The number of carboxylic acid groups (broad SMARTS) is 1. The van der Waals surface area contributed by atoms with E-state index in [1.807, 2.05) is 0 Å². The molecule has 0 radical (unpaired) electrons. The molecule has 3 N–H and O–H groups in total. The highest BCUT2D eigenvalue weighted by Crippen LogP contribution is 2.26. The van der Waals surface area contributed by atoms with E-state index in [1.165, 1.54) is 25.1 Å². The molecule has 0 atom stereocenters. The molecule has 0 aliphatic heterocycles. The van der Waals surface area contributed by atoms with Crippen LogP contribution in [0.15, 0.2) is 31.7 Å². The lowest BCUT2D eigenvalue weighted by atomic mass is 10.2. The molecule has 2 aromatic rings. The van der Waals surface area contributed by atoms with E-state index < -0.39 is 20.9 Å². The maximum absolute atomic E-state index is 12.3. The van der Waals surface area contributed by atoms with Crippen molar-refractivity contribution >= 4 is 48.9 Å². The maximum atomic E-state index is 12.3. The van der Waals surface area contributed by atoms with E-state index >= 15 is 0 Å². The number of sulfonamides is 1. The van der Waals surface area contributed by atoms with Crippen LogP contribution in [-0.4, -0.2) is 24.5 Å². The normalized spacial score (nSPS) is 11.3. The summed E-state index contributed by atoms with van der Waals surface area (Å²) in [6.45, 7) is 1.45. The number of aryl methyl sites for hydroxylation is 1. The molecule has 1 aromatic heterocycles. The molecular formula is C11H9BrN2O5S2. The summed E-state index contributed by atoms with van der Waals surface area (Å²) in [7, 11) is -4.04. The predicted molar refractivity (Wildman–Crippen MR) is 81.6 cm³/mol. The standard InChI is InChI=1S/C11H9BrN2O5S2/c1-5-10(20-11(17)13-5)21(18,19)14-8-4-6(12)2-3-7(8)9(15)16/h2-4,14H,1H3,(H,13,17)(H,15,16). The molecule has 7 nitrogen and oxygen atoms in total. The number of aromatic amines is 1. The molecule has 0 unspecified atom stereocenters. The lowest BCUT2D eigenvalue weighted by molar-refractivity contribution is 0.0698. The fourth-order valence-corrected chi connectivity index (χ4v) is 4.36. The number of aromatic nitrogens is 1. The molecule has 2 rings (SSSR count). The van der Waals surface area contributed by atoms with Crippen molar-refractivity contribution in [1.29, 1.82) is 0 Å². The van der Waals surface area contributed by atoms with Gasteiger partial charge in [0.1, 0.15) is 0 Å². The first-order chi connectivity index (χ1) is 9.70. The smallest absolute Gasteiger partial charge is 0.337 e. The van der Waals surface area contributed by atoms with E-state index in [1.54, 1.807) is 0 Å². The van der Waals surface area contributed by atoms with Crippen molar-refractivity contribution in [3.8, 4) is 0 Å². The highest BCUT2D eigenvalue weighted by atomic mass is 79.9. The van der Waals surface area contributed by atoms with Gasteiger partial charge in [-0.3, -0.25) is 9.52 Å². The van der Waals surface area contributed by atoms with Crippen LogP contribution in [0.1, 0.15) is 16.1 Å². The zero-order valence-corrected chi connectivity index (χ0v) is 13.7. The van der Waals surface area contributed by atoms with Gasteiger partial charge in [-0.2, -0.15) is 0 Å². The van der Waals surface area contributed by atoms with Gasteiger partial charge < -0.3 is 10.1 Å². The van der Waals surface area contributed by atoms with E-state index in [0.29, 0.717) is 15.8 Å². The topological polar surface area (TPSA) is 116 Å². The molecule has 0 saturated heterocycles. The fraction of sp³-hybridized carbons (Fsp3) is 0.0909. The average Bonchev–Trinajstić information content (AvgIpc) is 2.68. The van der Waals surface area contributed by atoms with Gasteiger partial charge in [0.2, 0.25) is 0 Å². The van der Waals surface area contributed by atoms with Gasteiger partial charge in [-0.25, -0.2) is 13.2 Å². The Morgan fingerprint density at radius 3 is 2.62 bits per heavy atom. The lowest BCUT2D eigenvalue weighted by Crippen LogP contribution is -2.15. The van der Waals surface area contributed by atoms with Gasteiger partial charge in [-0.05, 0) is 25.1 Å². The van der Waals surface area contributed by atoms with Gasteiger partial charge in [-0.1, -0.05) is 27.3 Å². The zero-order chi connectivity index (χ0) is 15.8. The van der Waals surface area contributed by atoms with Gasteiger partial charge in [0.05, 0.1) is 11.3 Å². The van der Waals surface area contributed by atoms with Crippen molar-refractivity contribution in [3.63, 3.8) is 0 Å². The van der Waals surface area contributed by atoms with Crippen LogP contribution in [-0.2, 0) is 10.0 Å². The Balaban J connectivity index is 2.51. The first-order valence-corrected chi connectivity index (χ1v) is 8.55. The molecule has 0 fully saturated rings. The number of aromatic carboxylic acids is 1. The number of carboxylic acids is 1. The zero-order valence-electron chi connectivity index (χ0n) is 10.5. The number of nitrogens with one attached hydrogen (secondary N) is 2. The summed E-state index contributed by atoms with van der Waals surface area (Å²) in [6.07, 6.45) is 0. The molecule has 0 bridgehead atoms. The van der Waals surface area contributed by atoms with Crippen molar-refractivity contribution in [2.24, 2.45) is 0 Å². The Labute approximate surface area is 131 Å². The molecule has 0 amide bonds. The third-order valence-corrected chi connectivity index (χ3v) is 5.95. The molecule has 0 spiro atoms. The van der Waals surface area contributed by atoms with Crippen LogP contribution in [0.2, 0.25) is 0 Å². The minimum atomic E-state index is -4.04. The van der Waals surface area contributed by atoms with Crippen LogP contribution >= 0.6 is 27.3 Å². The Morgan fingerprint density at radius 1 is 1.43 bits per heavy atom. The number of hydrogen-bond acceptors (Lipinski definition) is 5. The van der Waals surface area contributed by atoms with Crippen molar-refractivity contribution in [2.45, 2.75) is 11.1 Å².